The Labute approximate surface area is 626 Å². The number of rotatable bonds is 83. The summed E-state index contributed by atoms with van der Waals surface area (Å²) >= 11 is 0. The van der Waals surface area contributed by atoms with Gasteiger partial charge in [0.05, 0.1) is 26.4 Å². The summed E-state index contributed by atoms with van der Waals surface area (Å²) in [5.41, 5.74) is 0. The van der Waals surface area contributed by atoms with Crippen molar-refractivity contribution in [1.82, 2.24) is 0 Å². The summed E-state index contributed by atoms with van der Waals surface area (Å²) in [5, 5.41) is 10.6. The number of unbranched alkanes of at least 4 members (excludes halogenated alkanes) is 55. The fraction of sp³-hybridized carbons (Fsp3) is 0.952. The van der Waals surface area contributed by atoms with Crippen LogP contribution >= 0.6 is 15.6 Å². The Bertz CT molecular complexity index is 1940. The second-order valence-electron chi connectivity index (χ2n) is 30.3. The van der Waals surface area contributed by atoms with E-state index in [2.05, 4.69) is 34.6 Å². The van der Waals surface area contributed by atoms with Crippen LogP contribution in [0.3, 0.4) is 0 Å². The molecule has 0 aromatic carbocycles. The van der Waals surface area contributed by atoms with Gasteiger partial charge in [0.25, 0.3) is 0 Å². The minimum Gasteiger partial charge on any atom is -0.462 e. The molecule has 0 saturated heterocycles. The Morgan fingerprint density at radius 1 is 0.265 bits per heavy atom. The van der Waals surface area contributed by atoms with Crippen molar-refractivity contribution in [2.75, 3.05) is 39.6 Å². The van der Waals surface area contributed by atoms with Gasteiger partial charge < -0.3 is 33.8 Å². The van der Waals surface area contributed by atoms with Crippen LogP contribution in [0.1, 0.15) is 446 Å². The average molecular weight is 1490 g/mol. The summed E-state index contributed by atoms with van der Waals surface area (Å²) < 4.78 is 68.7. The second kappa shape index (κ2) is 75.9. The summed E-state index contributed by atoms with van der Waals surface area (Å²) in [5.74, 6) is -1.34. The highest BCUT2D eigenvalue weighted by Crippen LogP contribution is 2.45. The zero-order chi connectivity index (χ0) is 74.8. The van der Waals surface area contributed by atoms with Gasteiger partial charge in [0, 0.05) is 25.7 Å². The summed E-state index contributed by atoms with van der Waals surface area (Å²) in [6.45, 7) is 7.32. The molecule has 0 fully saturated rings. The summed E-state index contributed by atoms with van der Waals surface area (Å²) in [6, 6.07) is 0. The van der Waals surface area contributed by atoms with Gasteiger partial charge in [-0.05, 0) is 31.6 Å². The number of esters is 4. The van der Waals surface area contributed by atoms with Gasteiger partial charge in [-0.25, -0.2) is 9.13 Å². The van der Waals surface area contributed by atoms with E-state index in [1.165, 1.54) is 270 Å². The maximum absolute atomic E-state index is 13.1. The average Bonchev–Trinajstić information content (AvgIpc) is 0.933. The van der Waals surface area contributed by atoms with Crippen LogP contribution in [-0.4, -0.2) is 96.7 Å². The maximum Gasteiger partial charge on any atom is 0.472 e. The first-order chi connectivity index (χ1) is 49.5. The highest BCUT2D eigenvalue weighted by Gasteiger charge is 2.30. The molecule has 0 radical (unpaired) electrons. The third-order valence-corrected chi connectivity index (χ3v) is 21.4. The van der Waals surface area contributed by atoms with Crippen LogP contribution in [-0.2, 0) is 65.4 Å². The molecule has 0 aliphatic heterocycles. The number of phosphoric acid groups is 2. The molecule has 0 aromatic heterocycles. The first-order valence-corrected chi connectivity index (χ1v) is 46.1. The van der Waals surface area contributed by atoms with Gasteiger partial charge in [0.2, 0.25) is 0 Å². The van der Waals surface area contributed by atoms with Crippen LogP contribution in [0.25, 0.3) is 0 Å². The van der Waals surface area contributed by atoms with Gasteiger partial charge in [-0.3, -0.25) is 37.3 Å². The van der Waals surface area contributed by atoms with Crippen molar-refractivity contribution >= 4 is 39.5 Å². The lowest BCUT2D eigenvalue weighted by Gasteiger charge is -2.21. The van der Waals surface area contributed by atoms with Crippen molar-refractivity contribution in [2.24, 2.45) is 5.92 Å². The van der Waals surface area contributed by atoms with Crippen LogP contribution in [0.2, 0.25) is 0 Å². The number of aliphatic hydroxyl groups excluding tert-OH is 1. The Morgan fingerprint density at radius 2 is 0.451 bits per heavy atom. The van der Waals surface area contributed by atoms with E-state index < -0.39 is 97.5 Å². The van der Waals surface area contributed by atoms with E-state index in [1.807, 2.05) is 0 Å². The van der Waals surface area contributed by atoms with E-state index in [0.717, 1.165) is 95.8 Å². The molecule has 19 heteroatoms. The van der Waals surface area contributed by atoms with Crippen LogP contribution < -0.4 is 0 Å². The van der Waals surface area contributed by atoms with E-state index in [1.54, 1.807) is 0 Å². The molecule has 17 nitrogen and oxygen atoms in total. The highest BCUT2D eigenvalue weighted by molar-refractivity contribution is 7.47. The number of hydrogen-bond donors (Lipinski definition) is 3. The fourth-order valence-corrected chi connectivity index (χ4v) is 14.5. The number of carbonyl (C=O) groups is 4. The van der Waals surface area contributed by atoms with E-state index >= 15 is 0 Å². The molecule has 5 atom stereocenters. The molecule has 0 amide bonds. The molecule has 0 bridgehead atoms. The van der Waals surface area contributed by atoms with Gasteiger partial charge >= 0.3 is 39.5 Å². The van der Waals surface area contributed by atoms with Crippen molar-refractivity contribution < 1.29 is 80.2 Å². The van der Waals surface area contributed by atoms with E-state index in [-0.39, 0.29) is 25.7 Å². The molecule has 0 aliphatic carbocycles. The number of carbonyl (C=O) groups excluding carboxylic acids is 4. The predicted octanol–water partition coefficient (Wildman–Crippen LogP) is 25.2. The van der Waals surface area contributed by atoms with Crippen molar-refractivity contribution in [3.05, 3.63) is 0 Å². The number of aliphatic hydroxyl groups is 1. The van der Waals surface area contributed by atoms with Crippen LogP contribution in [0.5, 0.6) is 0 Å². The van der Waals surface area contributed by atoms with Crippen LogP contribution in [0, 0.1) is 5.92 Å². The molecule has 3 N–H and O–H groups in total. The summed E-state index contributed by atoms with van der Waals surface area (Å²) in [6.07, 6.45) is 68.1. The quantitative estimate of drug-likeness (QED) is 0.0222. The normalized spacial score (nSPS) is 13.8. The third kappa shape index (κ3) is 76.3. The summed E-state index contributed by atoms with van der Waals surface area (Å²) in [7, 11) is -9.92. The SMILES string of the molecule is CCCCCCCCCCCCCCCCCCCCCCCCC(=O)O[C@H](COC(=O)CCCCCCCCCCCCCCCCCCC)COP(=O)(O)OC[C@@H](O)COP(=O)(O)OC[C@@H](COC(=O)CCCCCCCCCCC)OC(=O)CCCCCCCCCCCCCC(C)C. The Kier molecular flexibility index (Phi) is 74.4. The van der Waals surface area contributed by atoms with Crippen molar-refractivity contribution in [2.45, 2.75) is 464 Å². The zero-order valence-corrected chi connectivity index (χ0v) is 68.5. The first kappa shape index (κ1) is 100. The van der Waals surface area contributed by atoms with Gasteiger partial charge in [-0.15, -0.1) is 0 Å². The van der Waals surface area contributed by atoms with E-state index in [0.29, 0.717) is 25.7 Å². The molecule has 0 spiro atoms. The lowest BCUT2D eigenvalue weighted by Crippen LogP contribution is -2.30. The number of ether oxygens (including phenoxy) is 4. The fourth-order valence-electron chi connectivity index (χ4n) is 12.9. The molecular weight excluding hydrogens is 1330 g/mol. The van der Waals surface area contributed by atoms with E-state index in [9.17, 15) is 43.2 Å². The Hall–Kier alpha value is -1.94. The Morgan fingerprint density at radius 3 is 0.667 bits per heavy atom. The third-order valence-electron chi connectivity index (χ3n) is 19.5. The molecule has 0 aliphatic rings. The van der Waals surface area contributed by atoms with Gasteiger partial charge in [0.1, 0.15) is 19.3 Å². The first-order valence-electron chi connectivity index (χ1n) is 43.1. The smallest absolute Gasteiger partial charge is 0.462 e. The molecule has 102 heavy (non-hydrogen) atoms. The maximum atomic E-state index is 13.1. The highest BCUT2D eigenvalue weighted by atomic mass is 31.2. The zero-order valence-electron chi connectivity index (χ0n) is 66.8. The second-order valence-corrected chi connectivity index (χ2v) is 33.3. The topological polar surface area (TPSA) is 237 Å². The lowest BCUT2D eigenvalue weighted by molar-refractivity contribution is -0.161. The summed E-state index contributed by atoms with van der Waals surface area (Å²) in [4.78, 5) is 73.0. The molecule has 0 heterocycles. The molecule has 0 aromatic rings. The minimum absolute atomic E-state index is 0.107. The van der Waals surface area contributed by atoms with Crippen LogP contribution in [0.4, 0.5) is 0 Å². The molecular formula is C83H162O17P2. The molecule has 2 unspecified atom stereocenters. The molecule has 606 valence electrons. The monoisotopic (exact) mass is 1490 g/mol. The van der Waals surface area contributed by atoms with Gasteiger partial charge in [0.15, 0.2) is 12.2 Å². The molecule has 0 rings (SSSR count). The molecule has 0 saturated carbocycles. The number of phosphoric ester groups is 2. The van der Waals surface area contributed by atoms with Crippen LogP contribution in [0.15, 0.2) is 0 Å². The minimum atomic E-state index is -4.96. The van der Waals surface area contributed by atoms with Gasteiger partial charge in [-0.2, -0.15) is 0 Å². The van der Waals surface area contributed by atoms with Gasteiger partial charge in [-0.1, -0.05) is 394 Å². The largest absolute Gasteiger partial charge is 0.472 e. The number of hydrogen-bond acceptors (Lipinski definition) is 15. The van der Waals surface area contributed by atoms with Crippen molar-refractivity contribution in [3.8, 4) is 0 Å². The lowest BCUT2D eigenvalue weighted by atomic mass is 10.0. The van der Waals surface area contributed by atoms with E-state index in [4.69, 9.17) is 37.0 Å². The Balaban J connectivity index is 5.19. The predicted molar refractivity (Wildman–Crippen MR) is 418 cm³/mol. The standard InChI is InChI=1S/C83H162O17P2/c1-6-9-12-15-18-21-23-25-27-29-30-31-32-33-35-37-39-43-48-53-58-63-68-82(87)100-79(73-94-81(86)67-62-57-52-47-42-38-36-34-28-26-24-22-19-16-13-10-7-2)75-98-102(91,92)96-71-77(84)70-95-101(89,90)97-74-78(72-93-80(85)66-61-56-51-45-20-17-14-11-8-3)99-83(88)69-64-59-54-49-44-40-41-46-50-55-60-65-76(4)5/h76-79,84H,6-75H2,1-5H3,(H,89,90)(H,91,92)/t77-,78+,79+/m0/s1. The van der Waals surface area contributed by atoms with Crippen molar-refractivity contribution in [1.29, 1.82) is 0 Å². The van der Waals surface area contributed by atoms with Crippen molar-refractivity contribution in [3.63, 3.8) is 0 Å².